The lowest BCUT2D eigenvalue weighted by atomic mass is 10.1. The molecule has 1 heterocycles. The van der Waals surface area contributed by atoms with E-state index in [2.05, 4.69) is 0 Å². The third-order valence-corrected chi connectivity index (χ3v) is 2.82. The minimum Gasteiger partial charge on any atom is -0.393 e. The molecular formula is C11H21NO3. The Bertz CT molecular complexity index is 206. The minimum absolute atomic E-state index is 0.162. The Morgan fingerprint density at radius 3 is 3.00 bits per heavy atom. The van der Waals surface area contributed by atoms with Crippen LogP contribution in [0.2, 0.25) is 0 Å². The van der Waals surface area contributed by atoms with E-state index in [1.165, 1.54) is 0 Å². The number of methoxy groups -OCH3 is 1. The molecule has 1 saturated heterocycles. The van der Waals surface area contributed by atoms with Gasteiger partial charge in [0, 0.05) is 32.5 Å². The average Bonchev–Trinajstić information content (AvgIpc) is 2.63. The van der Waals surface area contributed by atoms with E-state index in [1.807, 2.05) is 4.90 Å². The van der Waals surface area contributed by atoms with Gasteiger partial charge in [0.15, 0.2) is 0 Å². The van der Waals surface area contributed by atoms with Gasteiger partial charge in [0.2, 0.25) is 5.91 Å². The van der Waals surface area contributed by atoms with Crippen molar-refractivity contribution in [2.75, 3.05) is 26.8 Å². The summed E-state index contributed by atoms with van der Waals surface area (Å²) >= 11 is 0. The van der Waals surface area contributed by atoms with Crippen molar-refractivity contribution in [3.05, 3.63) is 0 Å². The number of aliphatic hydroxyl groups excluding tert-OH is 1. The maximum Gasteiger partial charge on any atom is 0.222 e. The van der Waals surface area contributed by atoms with Crippen LogP contribution in [0, 0.1) is 5.92 Å². The molecule has 0 aromatic carbocycles. The molecule has 0 bridgehead atoms. The molecule has 4 heteroatoms. The zero-order valence-corrected chi connectivity index (χ0v) is 9.61. The normalized spacial score (nSPS) is 23.1. The van der Waals surface area contributed by atoms with Gasteiger partial charge in [0.25, 0.3) is 0 Å². The van der Waals surface area contributed by atoms with E-state index >= 15 is 0 Å². The second-order valence-electron chi connectivity index (χ2n) is 4.34. The molecule has 1 fully saturated rings. The van der Waals surface area contributed by atoms with Crippen molar-refractivity contribution in [2.24, 2.45) is 5.92 Å². The predicted molar refractivity (Wildman–Crippen MR) is 57.5 cm³/mol. The number of amides is 1. The quantitative estimate of drug-likeness (QED) is 0.732. The number of carbonyl (C=O) groups is 1. The molecule has 0 aromatic rings. The molecule has 1 aliphatic heterocycles. The number of rotatable bonds is 5. The Morgan fingerprint density at radius 1 is 1.67 bits per heavy atom. The molecule has 0 spiro atoms. The van der Waals surface area contributed by atoms with Crippen molar-refractivity contribution in [2.45, 2.75) is 32.3 Å². The Hall–Kier alpha value is -0.610. The third kappa shape index (κ3) is 4.18. The van der Waals surface area contributed by atoms with Gasteiger partial charge in [-0.2, -0.15) is 0 Å². The second-order valence-corrected chi connectivity index (χ2v) is 4.34. The summed E-state index contributed by atoms with van der Waals surface area (Å²) in [4.78, 5) is 13.6. The van der Waals surface area contributed by atoms with Crippen molar-refractivity contribution < 1.29 is 14.6 Å². The van der Waals surface area contributed by atoms with Crippen LogP contribution in [0.25, 0.3) is 0 Å². The number of nitrogens with zero attached hydrogens (tertiary/aromatic N) is 1. The fourth-order valence-corrected chi connectivity index (χ4v) is 1.92. The number of hydrogen-bond donors (Lipinski definition) is 1. The van der Waals surface area contributed by atoms with Crippen molar-refractivity contribution in [3.63, 3.8) is 0 Å². The zero-order chi connectivity index (χ0) is 11.3. The summed E-state index contributed by atoms with van der Waals surface area (Å²) in [6.45, 7) is 4.10. The van der Waals surface area contributed by atoms with Crippen LogP contribution in [-0.2, 0) is 9.53 Å². The van der Waals surface area contributed by atoms with Gasteiger partial charge in [-0.15, -0.1) is 0 Å². The first-order chi connectivity index (χ1) is 7.13. The Labute approximate surface area is 91.2 Å². The van der Waals surface area contributed by atoms with E-state index in [0.717, 1.165) is 26.1 Å². The van der Waals surface area contributed by atoms with Crippen LogP contribution in [0.3, 0.4) is 0 Å². The lowest BCUT2D eigenvalue weighted by Gasteiger charge is -2.16. The highest BCUT2D eigenvalue weighted by Gasteiger charge is 2.25. The Morgan fingerprint density at radius 2 is 2.40 bits per heavy atom. The van der Waals surface area contributed by atoms with E-state index in [4.69, 9.17) is 9.84 Å². The summed E-state index contributed by atoms with van der Waals surface area (Å²) in [5.74, 6) is 0.653. The van der Waals surface area contributed by atoms with Crippen molar-refractivity contribution >= 4 is 5.91 Å². The van der Waals surface area contributed by atoms with Crippen molar-refractivity contribution in [3.8, 4) is 0 Å². The highest BCUT2D eigenvalue weighted by Crippen LogP contribution is 2.17. The van der Waals surface area contributed by atoms with Gasteiger partial charge in [-0.25, -0.2) is 0 Å². The molecule has 0 aliphatic carbocycles. The first-order valence-corrected chi connectivity index (χ1v) is 5.58. The number of carbonyl (C=O) groups excluding carboxylic acids is 1. The number of likely N-dealkylation sites (tertiary alicyclic amines) is 1. The van der Waals surface area contributed by atoms with Crippen LogP contribution < -0.4 is 0 Å². The molecule has 2 atom stereocenters. The largest absolute Gasteiger partial charge is 0.393 e. The van der Waals surface area contributed by atoms with Gasteiger partial charge in [-0.05, 0) is 19.8 Å². The van der Waals surface area contributed by atoms with Gasteiger partial charge in [-0.3, -0.25) is 4.79 Å². The van der Waals surface area contributed by atoms with Crippen LogP contribution in [-0.4, -0.2) is 48.8 Å². The number of aliphatic hydroxyl groups is 1. The minimum atomic E-state index is -0.383. The summed E-state index contributed by atoms with van der Waals surface area (Å²) in [5, 5.41) is 9.09. The molecule has 15 heavy (non-hydrogen) atoms. The van der Waals surface area contributed by atoms with Gasteiger partial charge in [0.05, 0.1) is 12.7 Å². The number of hydrogen-bond acceptors (Lipinski definition) is 3. The van der Waals surface area contributed by atoms with Crippen molar-refractivity contribution in [1.29, 1.82) is 0 Å². The first-order valence-electron chi connectivity index (χ1n) is 5.58. The highest BCUT2D eigenvalue weighted by atomic mass is 16.5. The predicted octanol–water partition coefficient (Wildman–Crippen LogP) is 0.642. The van der Waals surface area contributed by atoms with E-state index in [1.54, 1.807) is 14.0 Å². The fourth-order valence-electron chi connectivity index (χ4n) is 1.92. The molecule has 1 amide bonds. The van der Waals surface area contributed by atoms with Crippen molar-refractivity contribution in [1.82, 2.24) is 4.90 Å². The van der Waals surface area contributed by atoms with E-state index < -0.39 is 0 Å². The second kappa shape index (κ2) is 6.08. The summed E-state index contributed by atoms with van der Waals surface area (Å²) in [6.07, 6.45) is 1.67. The summed E-state index contributed by atoms with van der Waals surface area (Å²) in [5.41, 5.74) is 0. The third-order valence-electron chi connectivity index (χ3n) is 2.82. The van der Waals surface area contributed by atoms with E-state index in [9.17, 15) is 4.79 Å². The van der Waals surface area contributed by atoms with Gasteiger partial charge >= 0.3 is 0 Å². The van der Waals surface area contributed by atoms with Crippen LogP contribution in [0.1, 0.15) is 26.2 Å². The first kappa shape index (κ1) is 12.5. The molecule has 0 aromatic heterocycles. The Balaban J connectivity index is 2.24. The van der Waals surface area contributed by atoms with Gasteiger partial charge in [0.1, 0.15) is 0 Å². The molecule has 1 aliphatic rings. The summed E-state index contributed by atoms with van der Waals surface area (Å²) in [7, 11) is 1.69. The molecule has 1 rings (SSSR count). The molecule has 4 nitrogen and oxygen atoms in total. The molecule has 1 N–H and O–H groups in total. The van der Waals surface area contributed by atoms with Gasteiger partial charge < -0.3 is 14.7 Å². The zero-order valence-electron chi connectivity index (χ0n) is 9.61. The maximum absolute atomic E-state index is 11.7. The smallest absolute Gasteiger partial charge is 0.222 e. The highest BCUT2D eigenvalue weighted by molar-refractivity contribution is 5.76. The SMILES string of the molecule is COCC1CCN(C(=O)CCC(C)O)C1. The summed E-state index contributed by atoms with van der Waals surface area (Å²) < 4.78 is 5.07. The molecular weight excluding hydrogens is 194 g/mol. The Kier molecular flexibility index (Phi) is 5.05. The molecule has 0 radical (unpaired) electrons. The fraction of sp³-hybridized carbons (Fsp3) is 0.909. The number of ether oxygens (including phenoxy) is 1. The lowest BCUT2D eigenvalue weighted by molar-refractivity contribution is -0.130. The van der Waals surface area contributed by atoms with Crippen LogP contribution in [0.4, 0.5) is 0 Å². The standard InChI is InChI=1S/C11H21NO3/c1-9(13)3-4-11(14)12-6-5-10(7-12)8-15-2/h9-10,13H,3-8H2,1-2H3. The molecule has 0 saturated carbocycles. The van der Waals surface area contributed by atoms with E-state index in [-0.39, 0.29) is 12.0 Å². The molecule has 2 unspecified atom stereocenters. The van der Waals surface area contributed by atoms with Crippen LogP contribution in [0.5, 0.6) is 0 Å². The average molecular weight is 215 g/mol. The monoisotopic (exact) mass is 215 g/mol. The summed E-state index contributed by atoms with van der Waals surface area (Å²) in [6, 6.07) is 0. The van der Waals surface area contributed by atoms with Crippen LogP contribution in [0.15, 0.2) is 0 Å². The van der Waals surface area contributed by atoms with Crippen LogP contribution >= 0.6 is 0 Å². The van der Waals surface area contributed by atoms with E-state index in [0.29, 0.717) is 18.8 Å². The van der Waals surface area contributed by atoms with Gasteiger partial charge in [-0.1, -0.05) is 0 Å². The maximum atomic E-state index is 11.7. The lowest BCUT2D eigenvalue weighted by Crippen LogP contribution is -2.29. The molecule has 88 valence electrons. The topological polar surface area (TPSA) is 49.8 Å².